The van der Waals surface area contributed by atoms with Crippen LogP contribution in [0.1, 0.15) is 51.7 Å². The fourth-order valence-corrected chi connectivity index (χ4v) is 7.40. The van der Waals surface area contributed by atoms with Crippen LogP contribution in [-0.4, -0.2) is 64.1 Å². The van der Waals surface area contributed by atoms with E-state index in [0.717, 1.165) is 76.1 Å². The zero-order valence-corrected chi connectivity index (χ0v) is 26.6. The van der Waals surface area contributed by atoms with E-state index in [9.17, 15) is 8.42 Å². The van der Waals surface area contributed by atoms with Crippen LogP contribution in [0, 0.1) is 0 Å². The number of nitrogens with zero attached hydrogens (tertiary/aromatic N) is 3. The molecule has 0 amide bonds. The Labute approximate surface area is 248 Å². The summed E-state index contributed by atoms with van der Waals surface area (Å²) in [7, 11) is -3.24. The lowest BCUT2D eigenvalue weighted by Gasteiger charge is -2.34. The summed E-state index contributed by atoms with van der Waals surface area (Å²) in [5.41, 5.74) is 7.28. The Morgan fingerprint density at radius 1 is 0.921 bits per heavy atom. The monoisotopic (exact) mass is 670 g/mol. The number of nitrogens with one attached hydrogen (secondary N) is 1. The van der Waals surface area contributed by atoms with E-state index in [1.165, 1.54) is 31.9 Å². The summed E-state index contributed by atoms with van der Waals surface area (Å²) in [5.74, 6) is 0. The van der Waals surface area contributed by atoms with E-state index in [1.807, 2.05) is 11.3 Å². The topological polar surface area (TPSA) is 74.8 Å². The number of halogens is 1. The van der Waals surface area contributed by atoms with Crippen molar-refractivity contribution in [2.24, 2.45) is 0 Å². The molecule has 3 heterocycles. The third-order valence-electron chi connectivity index (χ3n) is 7.67. The van der Waals surface area contributed by atoms with Gasteiger partial charge in [0.25, 0.3) is 9.40 Å². The molecule has 5 rings (SSSR count). The van der Waals surface area contributed by atoms with E-state index in [1.54, 1.807) is 13.8 Å². The lowest BCUT2D eigenvalue weighted by Crippen LogP contribution is -3.00. The number of rotatable bonds is 7. The molecule has 10 heteroatoms. The fraction of sp³-hybridized carbons (Fsp3) is 0.571. The van der Waals surface area contributed by atoms with Gasteiger partial charge in [0.1, 0.15) is 11.0 Å². The Morgan fingerprint density at radius 3 is 1.89 bits per heavy atom. The van der Waals surface area contributed by atoms with E-state index in [2.05, 4.69) is 52.6 Å². The Hall–Kier alpha value is -1.34. The predicted octanol–water partition coefficient (Wildman–Crippen LogP) is 1.99. The van der Waals surface area contributed by atoms with Gasteiger partial charge < -0.3 is 38.5 Å². The molecule has 2 aliphatic rings. The number of fused-ring (bicyclic) bond motifs is 2. The highest BCUT2D eigenvalue weighted by Crippen LogP contribution is 2.36. The average Bonchev–Trinajstić information content (AvgIpc) is 2.91. The largest absolute Gasteiger partial charge is 1.00 e. The fourth-order valence-electron chi connectivity index (χ4n) is 5.29. The summed E-state index contributed by atoms with van der Waals surface area (Å²) in [6, 6.07) is 9.21. The number of aromatic nitrogens is 1. The molecule has 1 N–H and O–H groups in total. The van der Waals surface area contributed by atoms with Gasteiger partial charge in [-0.1, -0.05) is 13.8 Å². The van der Waals surface area contributed by atoms with Crippen molar-refractivity contribution in [3.05, 3.63) is 35.4 Å². The van der Waals surface area contributed by atoms with Crippen molar-refractivity contribution in [3.8, 4) is 0 Å². The predicted molar refractivity (Wildman–Crippen MR) is 156 cm³/mol. The van der Waals surface area contributed by atoms with Gasteiger partial charge in [-0.3, -0.25) is 0 Å². The molecule has 208 valence electrons. The highest BCUT2D eigenvalue weighted by molar-refractivity contribution is 7.90. The van der Waals surface area contributed by atoms with Gasteiger partial charge in [0.15, 0.2) is 0 Å². The summed E-state index contributed by atoms with van der Waals surface area (Å²) >= 11 is 1.84. The molecule has 2 fully saturated rings. The number of ether oxygens (including phenoxy) is 1. The van der Waals surface area contributed by atoms with Crippen molar-refractivity contribution < 1.29 is 37.1 Å². The van der Waals surface area contributed by atoms with E-state index < -0.39 is 15.3 Å². The van der Waals surface area contributed by atoms with Crippen LogP contribution in [0.2, 0.25) is 0 Å². The molecule has 0 radical (unpaired) electrons. The molecular formula is C28H39IN4O3S2. The molecule has 3 aromatic rings. The van der Waals surface area contributed by atoms with Crippen LogP contribution >= 0.6 is 11.3 Å². The molecular weight excluding hydrogens is 631 g/mol. The van der Waals surface area contributed by atoms with Crippen molar-refractivity contribution in [1.29, 1.82) is 0 Å². The standard InChI is InChI=1S/C28H39N4O3S2.HI/c1-5-20-15-23(31-9-7-22(8-10-31)30-37(33,34)19(3)4)17-25-27(20)29-28-21(6-2)16-24(18-26(28)36-25)32-11-13-35-14-12-32;/h15-19,22,30H,5-14H2,1-4H3;1H/q+1;/p-1. The smallest absolute Gasteiger partial charge is 0.259 e. The van der Waals surface area contributed by atoms with Crippen LogP contribution in [-0.2, 0) is 27.6 Å². The maximum Gasteiger partial charge on any atom is 0.259 e. The second kappa shape index (κ2) is 12.4. The zero-order chi connectivity index (χ0) is 26.2. The first-order chi connectivity index (χ1) is 17.8. The third kappa shape index (κ3) is 6.19. The number of aryl methyl sites for hydroxylation is 2. The number of piperidine rings is 1. The van der Waals surface area contributed by atoms with Crippen LogP contribution in [0.3, 0.4) is 0 Å². The first-order valence-corrected chi connectivity index (χ1v) is 16.0. The van der Waals surface area contributed by atoms with E-state index in [4.69, 9.17) is 9.72 Å². The normalized spacial score (nSPS) is 17.4. The number of sulfonamides is 1. The van der Waals surface area contributed by atoms with Crippen molar-refractivity contribution in [1.82, 2.24) is 9.71 Å². The van der Waals surface area contributed by atoms with Crippen LogP contribution in [0.25, 0.3) is 20.4 Å². The molecule has 1 aromatic heterocycles. The lowest BCUT2D eigenvalue weighted by molar-refractivity contribution is -0.0000109. The van der Waals surface area contributed by atoms with Crippen molar-refractivity contribution in [2.75, 3.05) is 49.2 Å². The number of hydrogen-bond donors (Lipinski definition) is 1. The number of morpholine rings is 1. The van der Waals surface area contributed by atoms with Gasteiger partial charge in [0.2, 0.25) is 21.4 Å². The van der Waals surface area contributed by atoms with Crippen molar-refractivity contribution in [3.63, 3.8) is 0 Å². The summed E-state index contributed by atoms with van der Waals surface area (Å²) in [4.78, 5) is 10.1. The summed E-state index contributed by atoms with van der Waals surface area (Å²) in [6.07, 6.45) is 3.50. The van der Waals surface area contributed by atoms with E-state index in [-0.39, 0.29) is 30.0 Å². The zero-order valence-electron chi connectivity index (χ0n) is 22.8. The number of anilines is 2. The van der Waals surface area contributed by atoms with E-state index in [0.29, 0.717) is 0 Å². The quantitative estimate of drug-likeness (QED) is 0.236. The van der Waals surface area contributed by atoms with Gasteiger partial charge >= 0.3 is 0 Å². The van der Waals surface area contributed by atoms with E-state index >= 15 is 0 Å². The van der Waals surface area contributed by atoms with Gasteiger partial charge in [0, 0.05) is 55.7 Å². The van der Waals surface area contributed by atoms with Crippen LogP contribution in [0.15, 0.2) is 24.3 Å². The molecule has 0 bridgehead atoms. The summed E-state index contributed by atoms with van der Waals surface area (Å²) in [6.45, 7) is 12.9. The number of benzene rings is 2. The first-order valence-electron chi connectivity index (χ1n) is 13.6. The molecule has 2 saturated heterocycles. The minimum absolute atomic E-state index is 0. The van der Waals surface area contributed by atoms with Gasteiger partial charge in [-0.25, -0.2) is 18.1 Å². The average molecular weight is 671 g/mol. The summed E-state index contributed by atoms with van der Waals surface area (Å²) in [5, 5.41) is -0.404. The summed E-state index contributed by atoms with van der Waals surface area (Å²) < 4.78 is 35.6. The minimum atomic E-state index is -3.24. The van der Waals surface area contributed by atoms with Gasteiger partial charge in [-0.15, -0.1) is 0 Å². The Morgan fingerprint density at radius 2 is 1.42 bits per heavy atom. The lowest BCUT2D eigenvalue weighted by atomic mass is 10.0. The highest BCUT2D eigenvalue weighted by Gasteiger charge is 2.27. The molecule has 38 heavy (non-hydrogen) atoms. The first kappa shape index (κ1) is 29.6. The highest BCUT2D eigenvalue weighted by atomic mass is 127. The molecule has 0 spiro atoms. The third-order valence-corrected chi connectivity index (χ3v) is 10.6. The molecule has 0 atom stereocenters. The Balaban J connectivity index is 0.00000336. The molecule has 0 aliphatic carbocycles. The van der Waals surface area contributed by atoms with Crippen molar-refractivity contribution >= 4 is 53.2 Å². The second-order valence-electron chi connectivity index (χ2n) is 10.4. The molecule has 0 unspecified atom stereocenters. The van der Waals surface area contributed by atoms with Crippen LogP contribution in [0.5, 0.6) is 0 Å². The number of hydrogen-bond acceptors (Lipinski definition) is 6. The Kier molecular flexibility index (Phi) is 9.71. The molecule has 7 nitrogen and oxygen atoms in total. The van der Waals surface area contributed by atoms with Crippen molar-refractivity contribution in [2.45, 2.75) is 64.7 Å². The Bertz CT molecular complexity index is 1390. The molecule has 0 saturated carbocycles. The molecule has 2 aliphatic heterocycles. The maximum atomic E-state index is 12.3. The second-order valence-corrected chi connectivity index (χ2v) is 13.7. The van der Waals surface area contributed by atoms with Crippen LogP contribution in [0.4, 0.5) is 11.4 Å². The SMILES string of the molecule is CCc1cc(N2CCOCC2)cc2[s+]c3cc(N4CCC(NS(=O)(=O)C(C)C)CC4)cc(CC)c3nc12.[I-]. The van der Waals surface area contributed by atoms with Crippen LogP contribution < -0.4 is 38.5 Å². The molecule has 2 aromatic carbocycles. The van der Waals surface area contributed by atoms with Gasteiger partial charge in [-0.05, 0) is 62.8 Å². The minimum Gasteiger partial charge on any atom is -1.00 e. The van der Waals surface area contributed by atoms with Gasteiger partial charge in [0.05, 0.1) is 18.5 Å². The maximum absolute atomic E-state index is 12.3. The van der Waals surface area contributed by atoms with Gasteiger partial charge in [-0.2, -0.15) is 0 Å².